The van der Waals surface area contributed by atoms with Crippen molar-refractivity contribution in [3.05, 3.63) is 28.2 Å². The zero-order valence-electron chi connectivity index (χ0n) is 11.3. The van der Waals surface area contributed by atoms with E-state index in [2.05, 4.69) is 40.9 Å². The van der Waals surface area contributed by atoms with Crippen LogP contribution in [0.1, 0.15) is 38.2 Å². The van der Waals surface area contributed by atoms with Crippen LogP contribution < -0.4 is 5.73 Å². The molecule has 0 unspecified atom stereocenters. The van der Waals surface area contributed by atoms with Gasteiger partial charge in [-0.25, -0.2) is 0 Å². The quantitative estimate of drug-likeness (QED) is 0.854. The van der Waals surface area contributed by atoms with Crippen LogP contribution in [0.3, 0.4) is 0 Å². The standard InChI is InChI=1S/C15H23BrN2/c1-11-3-7-14(8-4-11)18(2)10-12-5-6-13(17)9-15(12)16/h5-6,9,11,14H,3-4,7-8,10,17H2,1-2H3. The lowest BCUT2D eigenvalue weighted by Gasteiger charge is -2.33. The number of rotatable bonds is 3. The molecule has 0 bridgehead atoms. The molecule has 2 rings (SSSR count). The minimum absolute atomic E-state index is 0.741. The van der Waals surface area contributed by atoms with Crippen LogP contribution in [0.5, 0.6) is 0 Å². The maximum Gasteiger partial charge on any atom is 0.0325 e. The molecule has 0 atom stereocenters. The second kappa shape index (κ2) is 6.07. The van der Waals surface area contributed by atoms with Gasteiger partial charge in [-0.05, 0) is 56.3 Å². The molecule has 100 valence electrons. The fraction of sp³-hybridized carbons (Fsp3) is 0.600. The summed E-state index contributed by atoms with van der Waals surface area (Å²) in [6.07, 6.45) is 5.42. The SMILES string of the molecule is CC1CCC(N(C)Cc2ccc(N)cc2Br)CC1. The van der Waals surface area contributed by atoms with Gasteiger partial charge < -0.3 is 5.73 Å². The Bertz CT molecular complexity index is 397. The molecular formula is C15H23BrN2. The summed E-state index contributed by atoms with van der Waals surface area (Å²) in [6, 6.07) is 6.84. The fourth-order valence-corrected chi connectivity index (χ4v) is 3.29. The molecule has 0 amide bonds. The van der Waals surface area contributed by atoms with Gasteiger partial charge in [0.05, 0.1) is 0 Å². The number of hydrogen-bond donors (Lipinski definition) is 1. The Morgan fingerprint density at radius 1 is 1.28 bits per heavy atom. The highest BCUT2D eigenvalue weighted by Crippen LogP contribution is 2.28. The fourth-order valence-electron chi connectivity index (χ4n) is 2.77. The first-order chi connectivity index (χ1) is 8.56. The van der Waals surface area contributed by atoms with Gasteiger partial charge in [0.1, 0.15) is 0 Å². The van der Waals surface area contributed by atoms with E-state index >= 15 is 0 Å². The van der Waals surface area contributed by atoms with Gasteiger partial charge in [0.15, 0.2) is 0 Å². The molecule has 0 radical (unpaired) electrons. The number of anilines is 1. The van der Waals surface area contributed by atoms with Gasteiger partial charge in [-0.1, -0.05) is 28.9 Å². The van der Waals surface area contributed by atoms with Crippen LogP contribution in [0.4, 0.5) is 5.69 Å². The average Bonchev–Trinajstić information content (AvgIpc) is 2.33. The summed E-state index contributed by atoms with van der Waals surface area (Å²) in [4.78, 5) is 2.49. The number of hydrogen-bond acceptors (Lipinski definition) is 2. The van der Waals surface area contributed by atoms with E-state index in [1.165, 1.54) is 31.2 Å². The monoisotopic (exact) mass is 310 g/mol. The largest absolute Gasteiger partial charge is 0.399 e. The molecule has 1 saturated carbocycles. The van der Waals surface area contributed by atoms with Gasteiger partial charge in [-0.2, -0.15) is 0 Å². The van der Waals surface area contributed by atoms with E-state index in [9.17, 15) is 0 Å². The van der Waals surface area contributed by atoms with E-state index in [0.717, 1.165) is 28.7 Å². The van der Waals surface area contributed by atoms with Crippen molar-refractivity contribution < 1.29 is 0 Å². The summed E-state index contributed by atoms with van der Waals surface area (Å²) >= 11 is 3.60. The van der Waals surface area contributed by atoms with Crippen LogP contribution in [0, 0.1) is 5.92 Å². The zero-order valence-corrected chi connectivity index (χ0v) is 12.9. The summed E-state index contributed by atoms with van der Waals surface area (Å²) in [7, 11) is 2.24. The first-order valence-corrected chi connectivity index (χ1v) is 7.59. The highest BCUT2D eigenvalue weighted by Gasteiger charge is 2.21. The minimum Gasteiger partial charge on any atom is -0.399 e. The number of nitrogen functional groups attached to an aromatic ring is 1. The zero-order chi connectivity index (χ0) is 13.1. The predicted molar refractivity (Wildman–Crippen MR) is 81.4 cm³/mol. The summed E-state index contributed by atoms with van der Waals surface area (Å²) in [5, 5.41) is 0. The van der Waals surface area contributed by atoms with Crippen LogP contribution in [0.2, 0.25) is 0 Å². The lowest BCUT2D eigenvalue weighted by molar-refractivity contribution is 0.163. The van der Waals surface area contributed by atoms with E-state index < -0.39 is 0 Å². The molecule has 0 spiro atoms. The molecule has 1 fully saturated rings. The van der Waals surface area contributed by atoms with Crippen molar-refractivity contribution in [2.24, 2.45) is 5.92 Å². The smallest absolute Gasteiger partial charge is 0.0325 e. The molecule has 0 heterocycles. The van der Waals surface area contributed by atoms with Crippen LogP contribution in [-0.4, -0.2) is 18.0 Å². The Kier molecular flexibility index (Phi) is 4.68. The second-order valence-electron chi connectivity index (χ2n) is 5.68. The average molecular weight is 311 g/mol. The Hall–Kier alpha value is -0.540. The third kappa shape index (κ3) is 3.48. The molecule has 1 aliphatic rings. The number of halogens is 1. The van der Waals surface area contributed by atoms with Crippen molar-refractivity contribution in [3.63, 3.8) is 0 Å². The van der Waals surface area contributed by atoms with Crippen molar-refractivity contribution in [1.29, 1.82) is 0 Å². The van der Waals surface area contributed by atoms with Crippen LogP contribution >= 0.6 is 15.9 Å². The number of benzene rings is 1. The number of nitrogens with zero attached hydrogens (tertiary/aromatic N) is 1. The maximum atomic E-state index is 5.77. The van der Waals surface area contributed by atoms with Crippen molar-refractivity contribution in [3.8, 4) is 0 Å². The van der Waals surface area contributed by atoms with E-state index in [-0.39, 0.29) is 0 Å². The van der Waals surface area contributed by atoms with Crippen LogP contribution in [0.15, 0.2) is 22.7 Å². The highest BCUT2D eigenvalue weighted by molar-refractivity contribution is 9.10. The molecule has 0 aliphatic heterocycles. The normalized spacial score (nSPS) is 24.4. The van der Waals surface area contributed by atoms with Gasteiger partial charge in [-0.3, -0.25) is 4.90 Å². The summed E-state index contributed by atoms with van der Waals surface area (Å²) < 4.78 is 1.12. The minimum atomic E-state index is 0.741. The van der Waals surface area contributed by atoms with Crippen molar-refractivity contribution >= 4 is 21.6 Å². The molecule has 1 aromatic carbocycles. The molecule has 0 aromatic heterocycles. The third-order valence-electron chi connectivity index (χ3n) is 4.11. The molecule has 2 nitrogen and oxygen atoms in total. The lowest BCUT2D eigenvalue weighted by Crippen LogP contribution is -2.34. The van der Waals surface area contributed by atoms with Gasteiger partial charge in [0.2, 0.25) is 0 Å². The van der Waals surface area contributed by atoms with Crippen LogP contribution in [-0.2, 0) is 6.54 Å². The Morgan fingerprint density at radius 3 is 2.56 bits per heavy atom. The molecule has 2 N–H and O–H groups in total. The Balaban J connectivity index is 1.96. The van der Waals surface area contributed by atoms with E-state index in [0.29, 0.717) is 0 Å². The van der Waals surface area contributed by atoms with E-state index in [1.54, 1.807) is 0 Å². The van der Waals surface area contributed by atoms with Gasteiger partial charge in [-0.15, -0.1) is 0 Å². The molecule has 3 heteroatoms. The lowest BCUT2D eigenvalue weighted by atomic mass is 9.86. The highest BCUT2D eigenvalue weighted by atomic mass is 79.9. The Labute approximate surface area is 119 Å². The van der Waals surface area contributed by atoms with Crippen molar-refractivity contribution in [2.45, 2.75) is 45.2 Å². The van der Waals surface area contributed by atoms with Crippen molar-refractivity contribution in [1.82, 2.24) is 4.90 Å². The van der Waals surface area contributed by atoms with Crippen LogP contribution in [0.25, 0.3) is 0 Å². The van der Waals surface area contributed by atoms with Gasteiger partial charge in [0, 0.05) is 22.7 Å². The number of nitrogens with two attached hydrogens (primary N) is 1. The topological polar surface area (TPSA) is 29.3 Å². The third-order valence-corrected chi connectivity index (χ3v) is 4.84. The summed E-state index contributed by atoms with van der Waals surface area (Å²) in [5.41, 5.74) is 7.92. The second-order valence-corrected chi connectivity index (χ2v) is 6.53. The molecule has 1 aromatic rings. The molecule has 18 heavy (non-hydrogen) atoms. The van der Waals surface area contributed by atoms with Gasteiger partial charge >= 0.3 is 0 Å². The molecular weight excluding hydrogens is 288 g/mol. The maximum absolute atomic E-state index is 5.77. The Morgan fingerprint density at radius 2 is 1.94 bits per heavy atom. The summed E-state index contributed by atoms with van der Waals surface area (Å²) in [6.45, 7) is 3.37. The van der Waals surface area contributed by atoms with Crippen molar-refractivity contribution in [2.75, 3.05) is 12.8 Å². The summed E-state index contributed by atoms with van der Waals surface area (Å²) in [5.74, 6) is 0.915. The first kappa shape index (κ1) is 13.9. The molecule has 0 saturated heterocycles. The predicted octanol–water partition coefficient (Wildman–Crippen LogP) is 4.04. The van der Waals surface area contributed by atoms with E-state index in [1.807, 2.05) is 12.1 Å². The molecule has 1 aliphatic carbocycles. The van der Waals surface area contributed by atoms with E-state index in [4.69, 9.17) is 5.73 Å². The first-order valence-electron chi connectivity index (χ1n) is 6.80. The van der Waals surface area contributed by atoms with Gasteiger partial charge in [0.25, 0.3) is 0 Å².